The number of fused-ring (bicyclic) bond motifs is 1. The van der Waals surface area contributed by atoms with E-state index in [2.05, 4.69) is 26.7 Å². The zero-order chi connectivity index (χ0) is 17.9. The van der Waals surface area contributed by atoms with E-state index >= 15 is 0 Å². The number of aromatic nitrogens is 2. The number of urea groups is 1. The maximum Gasteiger partial charge on any atom is 0.322 e. The van der Waals surface area contributed by atoms with Crippen LogP contribution in [0, 0.1) is 6.92 Å². The lowest BCUT2D eigenvalue weighted by Crippen LogP contribution is -2.39. The van der Waals surface area contributed by atoms with E-state index in [0.29, 0.717) is 13.1 Å². The molecular weight excluding hydrogens is 348 g/mol. The van der Waals surface area contributed by atoms with Crippen molar-refractivity contribution in [1.29, 1.82) is 0 Å². The fourth-order valence-electron chi connectivity index (χ4n) is 3.27. The Balaban J connectivity index is 1.49. The van der Waals surface area contributed by atoms with Crippen LogP contribution in [0.3, 0.4) is 0 Å². The van der Waals surface area contributed by atoms with Crippen LogP contribution >= 0.6 is 11.3 Å². The molecule has 0 radical (unpaired) electrons. The Morgan fingerprint density at radius 1 is 1.46 bits per heavy atom. The predicted octanol–water partition coefficient (Wildman–Crippen LogP) is 4.15. The summed E-state index contributed by atoms with van der Waals surface area (Å²) >= 11 is 1.64. The van der Waals surface area contributed by atoms with Gasteiger partial charge in [0.15, 0.2) is 0 Å². The third-order valence-electron chi connectivity index (χ3n) is 4.54. The predicted molar refractivity (Wildman–Crippen MR) is 104 cm³/mol. The number of nitrogens with one attached hydrogen (secondary N) is 2. The van der Waals surface area contributed by atoms with Gasteiger partial charge in [-0.3, -0.25) is 0 Å². The average Bonchev–Trinajstić information content (AvgIpc) is 3.35. The lowest BCUT2D eigenvalue weighted by atomic mass is 10.2. The van der Waals surface area contributed by atoms with Gasteiger partial charge in [0.2, 0.25) is 0 Å². The van der Waals surface area contributed by atoms with E-state index < -0.39 is 0 Å². The van der Waals surface area contributed by atoms with Crippen LogP contribution in [-0.4, -0.2) is 40.2 Å². The van der Waals surface area contributed by atoms with Crippen LogP contribution in [0.4, 0.5) is 10.5 Å². The summed E-state index contributed by atoms with van der Waals surface area (Å²) in [6.45, 7) is 3.89. The fourth-order valence-corrected chi connectivity index (χ4v) is 3.93. The van der Waals surface area contributed by atoms with Crippen molar-refractivity contribution in [3.8, 4) is 0 Å². The number of anilines is 1. The van der Waals surface area contributed by atoms with Crippen molar-refractivity contribution in [2.45, 2.75) is 32.4 Å². The highest BCUT2D eigenvalue weighted by Crippen LogP contribution is 2.20. The summed E-state index contributed by atoms with van der Waals surface area (Å²) in [5, 5.41) is 7.13. The lowest BCUT2D eigenvalue weighted by Gasteiger charge is -2.25. The number of ether oxygens (including phenoxy) is 1. The Morgan fingerprint density at radius 3 is 3.15 bits per heavy atom. The Kier molecular flexibility index (Phi) is 4.90. The third-order valence-corrected chi connectivity index (χ3v) is 5.27. The SMILES string of the molecule is Cc1nc2ccc(NC(=O)N(Cc3ccsc3)C[C@H]3CCCO3)cc2[nH]1. The molecule has 1 aromatic carbocycles. The molecule has 1 saturated heterocycles. The molecule has 3 heterocycles. The van der Waals surface area contributed by atoms with Crippen molar-refractivity contribution in [3.05, 3.63) is 46.4 Å². The molecule has 2 amide bonds. The molecule has 136 valence electrons. The molecule has 6 nitrogen and oxygen atoms in total. The Bertz CT molecular complexity index is 884. The largest absolute Gasteiger partial charge is 0.376 e. The first-order chi connectivity index (χ1) is 12.7. The number of aromatic amines is 1. The van der Waals surface area contributed by atoms with E-state index in [0.717, 1.165) is 47.6 Å². The topological polar surface area (TPSA) is 70.2 Å². The minimum absolute atomic E-state index is 0.109. The molecule has 0 unspecified atom stereocenters. The number of benzene rings is 1. The highest BCUT2D eigenvalue weighted by Gasteiger charge is 2.23. The van der Waals surface area contributed by atoms with E-state index in [1.807, 2.05) is 35.4 Å². The number of carbonyl (C=O) groups excluding carboxylic acids is 1. The van der Waals surface area contributed by atoms with Gasteiger partial charge in [0.25, 0.3) is 0 Å². The van der Waals surface area contributed by atoms with Crippen molar-refractivity contribution in [2.75, 3.05) is 18.5 Å². The highest BCUT2D eigenvalue weighted by molar-refractivity contribution is 7.07. The number of aryl methyl sites for hydroxylation is 1. The summed E-state index contributed by atoms with van der Waals surface area (Å²) < 4.78 is 5.73. The zero-order valence-corrected chi connectivity index (χ0v) is 15.5. The van der Waals surface area contributed by atoms with Crippen LogP contribution in [0.1, 0.15) is 24.2 Å². The van der Waals surface area contributed by atoms with Crippen molar-refractivity contribution >= 4 is 34.1 Å². The first-order valence-corrected chi connectivity index (χ1v) is 9.76. The molecule has 1 aliphatic rings. The summed E-state index contributed by atoms with van der Waals surface area (Å²) in [4.78, 5) is 22.3. The summed E-state index contributed by atoms with van der Waals surface area (Å²) in [6.07, 6.45) is 2.19. The van der Waals surface area contributed by atoms with E-state index in [9.17, 15) is 4.79 Å². The minimum Gasteiger partial charge on any atom is -0.376 e. The molecule has 1 fully saturated rings. The maximum absolute atomic E-state index is 12.9. The number of thiophene rings is 1. The number of H-pyrrole nitrogens is 1. The fraction of sp³-hybridized carbons (Fsp3) is 0.368. The van der Waals surface area contributed by atoms with Gasteiger partial charge in [-0.15, -0.1) is 0 Å². The minimum atomic E-state index is -0.109. The number of amides is 2. The van der Waals surface area contributed by atoms with Crippen LogP contribution < -0.4 is 5.32 Å². The van der Waals surface area contributed by atoms with E-state index in [1.54, 1.807) is 11.3 Å². The van der Waals surface area contributed by atoms with E-state index in [1.165, 1.54) is 0 Å². The molecule has 0 spiro atoms. The van der Waals surface area contributed by atoms with Gasteiger partial charge in [0.05, 0.1) is 17.1 Å². The van der Waals surface area contributed by atoms with Gasteiger partial charge in [-0.1, -0.05) is 0 Å². The van der Waals surface area contributed by atoms with Gasteiger partial charge in [-0.2, -0.15) is 11.3 Å². The Labute approximate surface area is 156 Å². The molecule has 3 aromatic rings. The first kappa shape index (κ1) is 17.1. The first-order valence-electron chi connectivity index (χ1n) is 8.82. The smallest absolute Gasteiger partial charge is 0.322 e. The van der Waals surface area contributed by atoms with Gasteiger partial charge in [0.1, 0.15) is 5.82 Å². The van der Waals surface area contributed by atoms with Gasteiger partial charge in [-0.05, 0) is 60.4 Å². The van der Waals surface area contributed by atoms with Crippen molar-refractivity contribution in [3.63, 3.8) is 0 Å². The standard InChI is InChI=1S/C19H22N4O2S/c1-13-20-17-5-4-15(9-18(17)21-13)22-19(24)23(10-14-6-8-26-12-14)11-16-3-2-7-25-16/h4-6,8-9,12,16H,2-3,7,10-11H2,1H3,(H,20,21)(H,22,24)/t16-/m1/s1. The molecular formula is C19H22N4O2S. The van der Waals surface area contributed by atoms with Crippen LogP contribution in [0.2, 0.25) is 0 Å². The molecule has 2 N–H and O–H groups in total. The Morgan fingerprint density at radius 2 is 2.38 bits per heavy atom. The molecule has 1 aliphatic heterocycles. The molecule has 7 heteroatoms. The lowest BCUT2D eigenvalue weighted by molar-refractivity contribution is 0.0819. The highest BCUT2D eigenvalue weighted by atomic mass is 32.1. The second-order valence-electron chi connectivity index (χ2n) is 6.63. The van der Waals surface area contributed by atoms with Gasteiger partial charge < -0.3 is 19.9 Å². The van der Waals surface area contributed by atoms with E-state index in [4.69, 9.17) is 4.74 Å². The van der Waals surface area contributed by atoms with Gasteiger partial charge in [0, 0.05) is 25.4 Å². The van der Waals surface area contributed by atoms with Crippen LogP contribution in [0.25, 0.3) is 11.0 Å². The van der Waals surface area contributed by atoms with E-state index in [-0.39, 0.29) is 12.1 Å². The summed E-state index contributed by atoms with van der Waals surface area (Å²) in [5.41, 5.74) is 3.72. The second-order valence-corrected chi connectivity index (χ2v) is 7.41. The number of rotatable bonds is 5. The molecule has 4 rings (SSSR count). The molecule has 2 aromatic heterocycles. The number of carbonyl (C=O) groups is 1. The molecule has 26 heavy (non-hydrogen) atoms. The zero-order valence-electron chi connectivity index (χ0n) is 14.7. The van der Waals surface area contributed by atoms with Crippen LogP contribution in [0.15, 0.2) is 35.0 Å². The summed E-state index contributed by atoms with van der Waals surface area (Å²) in [6, 6.07) is 7.66. The summed E-state index contributed by atoms with van der Waals surface area (Å²) in [5.74, 6) is 0.862. The maximum atomic E-state index is 12.9. The molecule has 1 atom stereocenters. The molecule has 0 saturated carbocycles. The third kappa shape index (κ3) is 3.89. The number of nitrogens with zero attached hydrogens (tertiary/aromatic N) is 2. The monoisotopic (exact) mass is 370 g/mol. The van der Waals surface area contributed by atoms with Crippen molar-refractivity contribution in [1.82, 2.24) is 14.9 Å². The van der Waals surface area contributed by atoms with Crippen LogP contribution in [0.5, 0.6) is 0 Å². The molecule has 0 bridgehead atoms. The van der Waals surface area contributed by atoms with Gasteiger partial charge in [-0.25, -0.2) is 9.78 Å². The molecule has 0 aliphatic carbocycles. The summed E-state index contributed by atoms with van der Waals surface area (Å²) in [7, 11) is 0. The number of imidazole rings is 1. The van der Waals surface area contributed by atoms with Crippen LogP contribution in [-0.2, 0) is 11.3 Å². The van der Waals surface area contributed by atoms with Crippen molar-refractivity contribution in [2.24, 2.45) is 0 Å². The normalized spacial score (nSPS) is 16.9. The van der Waals surface area contributed by atoms with Crippen molar-refractivity contribution < 1.29 is 9.53 Å². The van der Waals surface area contributed by atoms with Gasteiger partial charge >= 0.3 is 6.03 Å². The average molecular weight is 370 g/mol. The number of hydrogen-bond donors (Lipinski definition) is 2. The Hall–Kier alpha value is -2.38. The quantitative estimate of drug-likeness (QED) is 0.709. The number of hydrogen-bond acceptors (Lipinski definition) is 4. The second kappa shape index (κ2) is 7.47.